The van der Waals surface area contributed by atoms with Gasteiger partial charge in [-0.3, -0.25) is 0 Å². The summed E-state index contributed by atoms with van der Waals surface area (Å²) in [6.07, 6.45) is 1.32. The van der Waals surface area contributed by atoms with Gasteiger partial charge in [-0.15, -0.1) is 0 Å². The van der Waals surface area contributed by atoms with E-state index in [0.717, 1.165) is 12.8 Å². The molecule has 88 valence electrons. The van der Waals surface area contributed by atoms with E-state index in [1.54, 1.807) is 0 Å². The maximum Gasteiger partial charge on any atom is 0.122 e. The molecule has 0 heterocycles. The average molecular weight is 207 g/mol. The van der Waals surface area contributed by atoms with Crippen LogP contribution in [0.2, 0.25) is 0 Å². The zero-order valence-corrected chi connectivity index (χ0v) is 9.54. The Bertz CT molecular complexity index is 105. The number of aldehydes is 1. The molecule has 14 heavy (non-hydrogen) atoms. The highest BCUT2D eigenvalue weighted by atomic mass is 16.5. The normalized spacial score (nSPS) is 9.07. The van der Waals surface area contributed by atoms with E-state index >= 15 is 0 Å². The van der Waals surface area contributed by atoms with Crippen molar-refractivity contribution in [3.8, 4) is 0 Å². The number of likely N-dealkylation sites (N-methyl/N-ethyl adjacent to an activating group) is 1. The van der Waals surface area contributed by atoms with Gasteiger partial charge in [-0.2, -0.15) is 0 Å². The third-order valence-corrected chi connectivity index (χ3v) is 1.25. The van der Waals surface area contributed by atoms with E-state index in [0.29, 0.717) is 32.8 Å². The van der Waals surface area contributed by atoms with Gasteiger partial charge >= 0.3 is 0 Å². The van der Waals surface area contributed by atoms with Gasteiger partial charge in [0.2, 0.25) is 0 Å². The quantitative estimate of drug-likeness (QED) is 0.454. The Morgan fingerprint density at radius 1 is 1.14 bits per heavy atom. The van der Waals surface area contributed by atoms with Crippen LogP contribution in [0.3, 0.4) is 0 Å². The number of rotatable bonds is 9. The second-order valence-electron chi connectivity index (χ2n) is 2.28. The van der Waals surface area contributed by atoms with Crippen LogP contribution in [0.15, 0.2) is 0 Å². The molecule has 0 aromatic heterocycles. The Labute approximate surface area is 88.5 Å². The highest BCUT2D eigenvalue weighted by molar-refractivity contribution is 5.49. The van der Waals surface area contributed by atoms with Gasteiger partial charge in [0.1, 0.15) is 6.29 Å². The van der Waals surface area contributed by atoms with E-state index in [-0.39, 0.29) is 1.43 Å². The zero-order chi connectivity index (χ0) is 11.1. The van der Waals surface area contributed by atoms with E-state index in [1.165, 1.54) is 0 Å². The fourth-order valence-corrected chi connectivity index (χ4v) is 0.628. The molecule has 0 aliphatic rings. The fourth-order valence-electron chi connectivity index (χ4n) is 0.628. The molecule has 0 aromatic rings. The molecule has 0 aliphatic heterocycles. The molecule has 0 radical (unpaired) electrons. The van der Waals surface area contributed by atoms with Crippen molar-refractivity contribution >= 4 is 6.29 Å². The van der Waals surface area contributed by atoms with E-state index in [9.17, 15) is 4.79 Å². The molecule has 0 amide bonds. The number of carbonyl (C=O) groups excluding carboxylic acids is 1. The van der Waals surface area contributed by atoms with Crippen LogP contribution in [0.4, 0.5) is 0 Å². The van der Waals surface area contributed by atoms with Crippen LogP contribution in [-0.2, 0) is 14.3 Å². The summed E-state index contributed by atoms with van der Waals surface area (Å²) in [6.45, 7) is 7.22. The molecule has 1 N–H and O–H groups in total. The van der Waals surface area contributed by atoms with Gasteiger partial charge in [-0.25, -0.2) is 0 Å². The second-order valence-corrected chi connectivity index (χ2v) is 2.28. The fraction of sp³-hybridized carbons (Fsp3) is 0.900. The molecule has 0 saturated heterocycles. The molecular formula is C10H25NO3. The molecule has 4 nitrogen and oxygen atoms in total. The van der Waals surface area contributed by atoms with Gasteiger partial charge < -0.3 is 19.6 Å². The van der Waals surface area contributed by atoms with Crippen LogP contribution in [0.25, 0.3) is 0 Å². The number of nitrogens with one attached hydrogen (secondary N) is 1. The molecule has 0 atom stereocenters. The molecule has 0 unspecified atom stereocenters. The summed E-state index contributed by atoms with van der Waals surface area (Å²) in [5.74, 6) is 0. The Kier molecular flexibility index (Phi) is 21.0. The molecule has 0 aromatic carbocycles. The van der Waals surface area contributed by atoms with E-state index in [2.05, 4.69) is 5.32 Å². The smallest absolute Gasteiger partial charge is 0.122 e. The van der Waals surface area contributed by atoms with E-state index < -0.39 is 0 Å². The lowest BCUT2D eigenvalue weighted by Crippen LogP contribution is -2.16. The minimum atomic E-state index is 0. The Hall–Kier alpha value is -0.450. The summed E-state index contributed by atoms with van der Waals surface area (Å²) in [6, 6.07) is 0. The molecule has 0 fully saturated rings. The summed E-state index contributed by atoms with van der Waals surface area (Å²) >= 11 is 0. The van der Waals surface area contributed by atoms with Crippen molar-refractivity contribution in [1.29, 1.82) is 0 Å². The van der Waals surface area contributed by atoms with Gasteiger partial charge in [0, 0.05) is 14.4 Å². The lowest BCUT2D eigenvalue weighted by molar-refractivity contribution is -0.108. The number of hydrogen-bond acceptors (Lipinski definition) is 4. The lowest BCUT2D eigenvalue weighted by Gasteiger charge is -2.03. The molecular weight excluding hydrogens is 182 g/mol. The van der Waals surface area contributed by atoms with Gasteiger partial charge in [0.25, 0.3) is 0 Å². The Morgan fingerprint density at radius 3 is 2.21 bits per heavy atom. The third-order valence-electron chi connectivity index (χ3n) is 1.25. The molecule has 4 heteroatoms. The maximum atomic E-state index is 9.86. The summed E-state index contributed by atoms with van der Waals surface area (Å²) in [5.41, 5.74) is 0. The molecule has 0 aliphatic carbocycles. The van der Waals surface area contributed by atoms with Gasteiger partial charge in [-0.05, 0) is 7.05 Å². The van der Waals surface area contributed by atoms with Crippen LogP contribution in [0, 0.1) is 0 Å². The third kappa shape index (κ3) is 17.6. The van der Waals surface area contributed by atoms with Gasteiger partial charge in [-0.1, -0.05) is 13.8 Å². The maximum absolute atomic E-state index is 9.86. The van der Waals surface area contributed by atoms with Crippen LogP contribution in [0.1, 0.15) is 21.7 Å². The number of ether oxygens (including phenoxy) is 2. The minimum absolute atomic E-state index is 0. The summed E-state index contributed by atoms with van der Waals surface area (Å²) in [7, 11) is 1.88. The van der Waals surface area contributed by atoms with Crippen LogP contribution < -0.4 is 5.32 Å². The summed E-state index contributed by atoms with van der Waals surface area (Å²) in [5, 5.41) is 2.97. The highest BCUT2D eigenvalue weighted by Gasteiger charge is 1.88. The van der Waals surface area contributed by atoms with Crippen molar-refractivity contribution in [3.63, 3.8) is 0 Å². The SMILES string of the molecule is CC.CNCCOCCOCCC=O.[HH]. The van der Waals surface area contributed by atoms with Crippen molar-refractivity contribution in [2.75, 3.05) is 40.0 Å². The van der Waals surface area contributed by atoms with Crippen molar-refractivity contribution in [2.24, 2.45) is 0 Å². The summed E-state index contributed by atoms with van der Waals surface area (Å²) in [4.78, 5) is 9.86. The zero-order valence-electron chi connectivity index (χ0n) is 9.54. The van der Waals surface area contributed by atoms with Crippen molar-refractivity contribution in [1.82, 2.24) is 5.32 Å². The first-order chi connectivity index (χ1) is 6.91. The largest absolute Gasteiger partial charge is 0.379 e. The topological polar surface area (TPSA) is 47.6 Å². The monoisotopic (exact) mass is 207 g/mol. The second kappa shape index (κ2) is 18.4. The molecule has 0 rings (SSSR count). The molecule has 0 spiro atoms. The molecule has 0 saturated carbocycles. The average Bonchev–Trinajstić information content (AvgIpc) is 2.25. The van der Waals surface area contributed by atoms with Crippen molar-refractivity contribution in [2.45, 2.75) is 20.3 Å². The van der Waals surface area contributed by atoms with Crippen molar-refractivity contribution < 1.29 is 15.7 Å². The molecule has 0 bridgehead atoms. The van der Waals surface area contributed by atoms with Gasteiger partial charge in [0.05, 0.1) is 26.4 Å². The highest BCUT2D eigenvalue weighted by Crippen LogP contribution is 1.80. The Morgan fingerprint density at radius 2 is 1.71 bits per heavy atom. The Balaban J connectivity index is -0.000000449. The first-order valence-electron chi connectivity index (χ1n) is 5.15. The predicted octanol–water partition coefficient (Wildman–Crippen LogP) is 1.10. The first-order valence-corrected chi connectivity index (χ1v) is 5.15. The predicted molar refractivity (Wildman–Crippen MR) is 59.7 cm³/mol. The number of carbonyl (C=O) groups is 1. The lowest BCUT2D eigenvalue weighted by atomic mass is 10.5. The van der Waals surface area contributed by atoms with Crippen molar-refractivity contribution in [3.05, 3.63) is 0 Å². The first kappa shape index (κ1) is 16.0. The minimum Gasteiger partial charge on any atom is -0.379 e. The van der Waals surface area contributed by atoms with Crippen LogP contribution in [0.5, 0.6) is 0 Å². The standard InChI is InChI=1S/C8H17NO3.C2H6.H2/c1-9-3-6-12-8-7-11-5-2-4-10;1-2;/h4,9H,2-3,5-8H2,1H3;1-2H3;1H. The van der Waals surface area contributed by atoms with Crippen LogP contribution in [-0.4, -0.2) is 46.3 Å². The number of hydrogen-bond donors (Lipinski definition) is 1. The van der Waals surface area contributed by atoms with E-state index in [4.69, 9.17) is 9.47 Å². The van der Waals surface area contributed by atoms with Gasteiger partial charge in [0.15, 0.2) is 0 Å². The summed E-state index contributed by atoms with van der Waals surface area (Å²) < 4.78 is 10.3. The van der Waals surface area contributed by atoms with E-state index in [1.807, 2.05) is 20.9 Å². The van der Waals surface area contributed by atoms with Crippen LogP contribution >= 0.6 is 0 Å².